The van der Waals surface area contributed by atoms with E-state index in [0.717, 1.165) is 38.5 Å². The molecule has 0 aromatic heterocycles. The van der Waals surface area contributed by atoms with Crippen LogP contribution in [-0.4, -0.2) is 44.6 Å². The highest BCUT2D eigenvalue weighted by Crippen LogP contribution is 2.08. The van der Waals surface area contributed by atoms with Crippen LogP contribution in [0.2, 0.25) is 0 Å². The molecule has 0 unspecified atom stereocenters. The van der Waals surface area contributed by atoms with E-state index in [1.54, 1.807) is 0 Å². The summed E-state index contributed by atoms with van der Waals surface area (Å²) < 4.78 is 10.8. The normalized spacial score (nSPS) is 16.9. The van der Waals surface area contributed by atoms with Crippen LogP contribution in [0.15, 0.2) is 30.3 Å². The highest BCUT2D eigenvalue weighted by Gasteiger charge is 2.09. The summed E-state index contributed by atoms with van der Waals surface area (Å²) in [4.78, 5) is 5.59. The summed E-state index contributed by atoms with van der Waals surface area (Å²) in [7, 11) is 0. The van der Waals surface area contributed by atoms with Crippen molar-refractivity contribution >= 4 is 0 Å². The second-order valence-electron chi connectivity index (χ2n) is 3.89. The van der Waals surface area contributed by atoms with E-state index in [-0.39, 0.29) is 0 Å². The Morgan fingerprint density at radius 2 is 1.82 bits per heavy atom. The quantitative estimate of drug-likeness (QED) is 0.705. The fourth-order valence-electron chi connectivity index (χ4n) is 1.64. The maximum absolute atomic E-state index is 5.59. The topological polar surface area (TPSA) is 30.9 Å². The summed E-state index contributed by atoms with van der Waals surface area (Å²) in [5.41, 5.74) is 0. The van der Waals surface area contributed by atoms with Crippen LogP contribution in [0.3, 0.4) is 0 Å². The summed E-state index contributed by atoms with van der Waals surface area (Å²) in [6.45, 7) is 4.64. The molecule has 0 radical (unpaired) electrons. The molecule has 1 fully saturated rings. The molecule has 1 saturated heterocycles. The van der Waals surface area contributed by atoms with Crippen LogP contribution in [0.25, 0.3) is 0 Å². The van der Waals surface area contributed by atoms with Crippen LogP contribution in [0.1, 0.15) is 6.42 Å². The molecule has 0 N–H and O–H groups in total. The first-order valence-electron chi connectivity index (χ1n) is 6.08. The van der Waals surface area contributed by atoms with E-state index in [0.29, 0.717) is 13.2 Å². The van der Waals surface area contributed by atoms with Gasteiger partial charge >= 0.3 is 0 Å². The van der Waals surface area contributed by atoms with Crippen LogP contribution in [0.5, 0.6) is 5.75 Å². The van der Waals surface area contributed by atoms with Crippen LogP contribution in [0, 0.1) is 0 Å². The third-order valence-corrected chi connectivity index (χ3v) is 2.54. The minimum Gasteiger partial charge on any atom is -0.494 e. The SMILES string of the molecule is c1ccc(OCCCON2CCOCC2)cc1. The Morgan fingerprint density at radius 1 is 1.06 bits per heavy atom. The van der Waals surface area contributed by atoms with Gasteiger partial charge in [0.1, 0.15) is 5.75 Å². The fraction of sp³-hybridized carbons (Fsp3) is 0.538. The van der Waals surface area contributed by atoms with E-state index in [2.05, 4.69) is 0 Å². The largest absolute Gasteiger partial charge is 0.494 e. The van der Waals surface area contributed by atoms with Crippen molar-refractivity contribution in [3.63, 3.8) is 0 Å². The molecule has 2 rings (SSSR count). The second kappa shape index (κ2) is 7.27. The Labute approximate surface area is 102 Å². The summed E-state index contributed by atoms with van der Waals surface area (Å²) in [5, 5.41) is 1.96. The molecule has 0 saturated carbocycles. The van der Waals surface area contributed by atoms with Gasteiger partial charge in [0.25, 0.3) is 0 Å². The van der Waals surface area contributed by atoms with Crippen molar-refractivity contribution in [2.24, 2.45) is 0 Å². The van der Waals surface area contributed by atoms with Gasteiger partial charge in [-0.1, -0.05) is 18.2 Å². The lowest BCUT2D eigenvalue weighted by Gasteiger charge is -2.25. The van der Waals surface area contributed by atoms with Crippen molar-refractivity contribution in [1.82, 2.24) is 5.06 Å². The summed E-state index contributed by atoms with van der Waals surface area (Å²) in [6, 6.07) is 9.85. The number of hydrogen-bond acceptors (Lipinski definition) is 4. The molecule has 1 aliphatic rings. The van der Waals surface area contributed by atoms with Crippen LogP contribution in [-0.2, 0) is 9.57 Å². The average molecular weight is 237 g/mol. The van der Waals surface area contributed by atoms with Gasteiger partial charge in [0, 0.05) is 19.5 Å². The number of morpholine rings is 1. The Kier molecular flexibility index (Phi) is 5.29. The zero-order valence-electron chi connectivity index (χ0n) is 10.0. The molecule has 1 heterocycles. The molecule has 0 aliphatic carbocycles. The van der Waals surface area contributed by atoms with E-state index in [9.17, 15) is 0 Å². The van der Waals surface area contributed by atoms with E-state index in [1.165, 1.54) is 0 Å². The molecule has 0 atom stereocenters. The lowest BCUT2D eigenvalue weighted by atomic mass is 10.3. The maximum Gasteiger partial charge on any atom is 0.119 e. The first kappa shape index (κ1) is 12.4. The summed E-state index contributed by atoms with van der Waals surface area (Å²) >= 11 is 0. The van der Waals surface area contributed by atoms with Gasteiger partial charge in [-0.25, -0.2) is 0 Å². The molecule has 4 heteroatoms. The van der Waals surface area contributed by atoms with Crippen molar-refractivity contribution in [3.05, 3.63) is 30.3 Å². The molecular weight excluding hydrogens is 218 g/mol. The third kappa shape index (κ3) is 4.73. The van der Waals surface area contributed by atoms with Crippen molar-refractivity contribution in [2.75, 3.05) is 39.5 Å². The first-order valence-corrected chi connectivity index (χ1v) is 6.08. The number of nitrogens with zero attached hydrogens (tertiary/aromatic N) is 1. The predicted octanol–water partition coefficient (Wildman–Crippen LogP) is 1.72. The minimum atomic E-state index is 0.689. The van der Waals surface area contributed by atoms with E-state index in [1.807, 2.05) is 35.4 Å². The molecule has 17 heavy (non-hydrogen) atoms. The average Bonchev–Trinajstić information content (AvgIpc) is 2.41. The van der Waals surface area contributed by atoms with Gasteiger partial charge in [-0.05, 0) is 12.1 Å². The zero-order valence-corrected chi connectivity index (χ0v) is 10.0. The van der Waals surface area contributed by atoms with E-state index in [4.69, 9.17) is 14.3 Å². The van der Waals surface area contributed by atoms with Crippen LogP contribution >= 0.6 is 0 Å². The first-order chi connectivity index (χ1) is 8.45. The predicted molar refractivity (Wildman–Crippen MR) is 64.9 cm³/mol. The van der Waals surface area contributed by atoms with Crippen molar-refractivity contribution in [1.29, 1.82) is 0 Å². The van der Waals surface area contributed by atoms with E-state index >= 15 is 0 Å². The lowest BCUT2D eigenvalue weighted by molar-refractivity contribution is -0.194. The van der Waals surface area contributed by atoms with Crippen molar-refractivity contribution in [2.45, 2.75) is 6.42 Å². The molecule has 4 nitrogen and oxygen atoms in total. The number of hydrogen-bond donors (Lipinski definition) is 0. The van der Waals surface area contributed by atoms with E-state index < -0.39 is 0 Å². The van der Waals surface area contributed by atoms with Crippen molar-refractivity contribution < 1.29 is 14.3 Å². The summed E-state index contributed by atoms with van der Waals surface area (Å²) in [5.74, 6) is 0.916. The number of ether oxygens (including phenoxy) is 2. The van der Waals surface area contributed by atoms with Gasteiger partial charge in [-0.15, -0.1) is 0 Å². The molecule has 1 aromatic rings. The summed E-state index contributed by atoms with van der Waals surface area (Å²) in [6.07, 6.45) is 0.895. The van der Waals surface area contributed by atoms with Gasteiger partial charge in [0.15, 0.2) is 0 Å². The lowest BCUT2D eigenvalue weighted by Crippen LogP contribution is -2.36. The van der Waals surface area contributed by atoms with Gasteiger partial charge in [0.2, 0.25) is 0 Å². The van der Waals surface area contributed by atoms with Crippen molar-refractivity contribution in [3.8, 4) is 5.75 Å². The Bertz CT molecular complexity index is 299. The van der Waals surface area contributed by atoms with Gasteiger partial charge < -0.3 is 9.47 Å². The van der Waals surface area contributed by atoms with Crippen LogP contribution < -0.4 is 4.74 Å². The van der Waals surface area contributed by atoms with Gasteiger partial charge in [-0.2, -0.15) is 5.06 Å². The third-order valence-electron chi connectivity index (χ3n) is 2.54. The van der Waals surface area contributed by atoms with Gasteiger partial charge in [0.05, 0.1) is 26.4 Å². The standard InChI is InChI=1S/C13H19NO3/c1-2-5-13(6-3-1)16-9-4-10-17-14-7-11-15-12-8-14/h1-3,5-6H,4,7-12H2. The smallest absolute Gasteiger partial charge is 0.119 e. The second-order valence-corrected chi connectivity index (χ2v) is 3.89. The molecule has 0 spiro atoms. The van der Waals surface area contributed by atoms with Crippen LogP contribution in [0.4, 0.5) is 0 Å². The number of hydroxylamine groups is 2. The molecular formula is C13H19NO3. The Hall–Kier alpha value is -1.10. The van der Waals surface area contributed by atoms with Gasteiger partial charge in [-0.3, -0.25) is 4.84 Å². The maximum atomic E-state index is 5.59. The molecule has 94 valence electrons. The highest BCUT2D eigenvalue weighted by molar-refractivity contribution is 5.20. The molecule has 0 bridgehead atoms. The number of para-hydroxylation sites is 1. The fourth-order valence-corrected chi connectivity index (χ4v) is 1.64. The number of rotatable bonds is 6. The Balaban J connectivity index is 1.51. The highest BCUT2D eigenvalue weighted by atomic mass is 16.7. The monoisotopic (exact) mass is 237 g/mol. The Morgan fingerprint density at radius 3 is 2.59 bits per heavy atom. The number of benzene rings is 1. The zero-order chi connectivity index (χ0) is 11.8. The molecule has 1 aromatic carbocycles. The minimum absolute atomic E-state index is 0.689. The molecule has 1 aliphatic heterocycles. The molecule has 0 amide bonds.